The Morgan fingerprint density at radius 3 is 2.22 bits per heavy atom. The monoisotopic (exact) mass is 262 g/mol. The van der Waals surface area contributed by atoms with Gasteiger partial charge in [-0.2, -0.15) is 0 Å². The van der Waals surface area contributed by atoms with E-state index in [1.165, 1.54) is 0 Å². The largest absolute Gasteiger partial charge is 0.523 e. The van der Waals surface area contributed by atoms with Crippen molar-refractivity contribution in [3.8, 4) is 0 Å². The van der Waals surface area contributed by atoms with Gasteiger partial charge in [0.05, 0.1) is 0 Å². The van der Waals surface area contributed by atoms with Gasteiger partial charge in [-0.25, -0.2) is 4.79 Å². The van der Waals surface area contributed by atoms with Gasteiger partial charge in [0.2, 0.25) is 0 Å². The number of hydrogen-bond acceptors (Lipinski definition) is 3. The number of esters is 1. The molecule has 0 unspecified atom stereocenters. The Kier molecular flexibility index (Phi) is 4.34. The minimum Gasteiger partial charge on any atom is -0.459 e. The Morgan fingerprint density at radius 1 is 1.17 bits per heavy atom. The molecule has 0 aliphatic carbocycles. The van der Waals surface area contributed by atoms with Crippen LogP contribution in [0.4, 0.5) is 13.2 Å². The van der Waals surface area contributed by atoms with Gasteiger partial charge in [-0.15, -0.1) is 13.2 Å². The second kappa shape index (κ2) is 5.39. The lowest BCUT2D eigenvalue weighted by atomic mass is 10.1. The average Bonchev–Trinajstić information content (AvgIpc) is 2.24. The van der Waals surface area contributed by atoms with E-state index in [0.29, 0.717) is 5.56 Å². The molecule has 0 aromatic heterocycles. The second-order valence-corrected chi connectivity index (χ2v) is 4.12. The third kappa shape index (κ3) is 4.75. The van der Waals surface area contributed by atoms with Gasteiger partial charge in [-0.3, -0.25) is 4.74 Å². The van der Waals surface area contributed by atoms with Gasteiger partial charge in [-0.05, 0) is 19.4 Å². The highest BCUT2D eigenvalue weighted by atomic mass is 19.4. The van der Waals surface area contributed by atoms with Crippen molar-refractivity contribution in [2.75, 3.05) is 0 Å². The number of carbonyl (C=O) groups excluding carboxylic acids is 1. The first-order chi connectivity index (χ1) is 8.21. The molecule has 0 atom stereocenters. The molecule has 0 aliphatic rings. The molecule has 0 N–H and O–H groups in total. The molecule has 0 saturated heterocycles. The molecule has 0 fully saturated rings. The average molecular weight is 262 g/mol. The van der Waals surface area contributed by atoms with E-state index in [-0.39, 0.29) is 6.61 Å². The fourth-order valence-electron chi connectivity index (χ4n) is 1.23. The van der Waals surface area contributed by atoms with Gasteiger partial charge < -0.3 is 4.74 Å². The SMILES string of the molecule is CC(C)(OC(F)(F)F)C(=O)OCc1ccccc1. The van der Waals surface area contributed by atoms with E-state index in [1.54, 1.807) is 30.3 Å². The van der Waals surface area contributed by atoms with E-state index in [9.17, 15) is 18.0 Å². The van der Waals surface area contributed by atoms with Crippen molar-refractivity contribution in [2.24, 2.45) is 0 Å². The van der Waals surface area contributed by atoms with E-state index in [4.69, 9.17) is 4.74 Å². The molecule has 1 aromatic carbocycles. The van der Waals surface area contributed by atoms with Gasteiger partial charge in [0, 0.05) is 0 Å². The first kappa shape index (κ1) is 14.5. The van der Waals surface area contributed by atoms with Gasteiger partial charge in [-0.1, -0.05) is 30.3 Å². The van der Waals surface area contributed by atoms with Crippen molar-refractivity contribution in [1.29, 1.82) is 0 Å². The molecule has 1 rings (SSSR count). The van der Waals surface area contributed by atoms with Gasteiger partial charge >= 0.3 is 12.3 Å². The Morgan fingerprint density at radius 2 is 1.72 bits per heavy atom. The first-order valence-electron chi connectivity index (χ1n) is 5.19. The van der Waals surface area contributed by atoms with Crippen LogP contribution in [-0.4, -0.2) is 17.9 Å². The summed E-state index contributed by atoms with van der Waals surface area (Å²) >= 11 is 0. The summed E-state index contributed by atoms with van der Waals surface area (Å²) in [5, 5.41) is 0. The third-order valence-corrected chi connectivity index (χ3v) is 2.08. The summed E-state index contributed by atoms with van der Waals surface area (Å²) in [6.45, 7) is 1.92. The summed E-state index contributed by atoms with van der Waals surface area (Å²) in [5.74, 6) is -1.07. The Hall–Kier alpha value is -1.56. The number of rotatable bonds is 4. The molecule has 3 nitrogen and oxygen atoms in total. The summed E-state index contributed by atoms with van der Waals surface area (Å²) in [5.41, 5.74) is -1.37. The Bertz CT molecular complexity index is 399. The molecule has 6 heteroatoms. The smallest absolute Gasteiger partial charge is 0.459 e. The molecular weight excluding hydrogens is 249 g/mol. The molecule has 0 spiro atoms. The van der Waals surface area contributed by atoms with Crippen LogP contribution in [0.5, 0.6) is 0 Å². The van der Waals surface area contributed by atoms with Gasteiger partial charge in [0.25, 0.3) is 0 Å². The number of halogens is 3. The van der Waals surface area contributed by atoms with Crippen LogP contribution in [0.1, 0.15) is 19.4 Å². The minimum absolute atomic E-state index is 0.0929. The predicted octanol–water partition coefficient (Wildman–Crippen LogP) is 3.04. The normalized spacial score (nSPS) is 12.3. The highest BCUT2D eigenvalue weighted by Crippen LogP contribution is 2.26. The molecule has 0 heterocycles. The molecule has 1 aromatic rings. The van der Waals surface area contributed by atoms with E-state index in [0.717, 1.165) is 13.8 Å². The maximum absolute atomic E-state index is 12.0. The summed E-state index contributed by atoms with van der Waals surface area (Å²) in [6, 6.07) is 8.65. The highest BCUT2D eigenvalue weighted by Gasteiger charge is 2.43. The zero-order valence-electron chi connectivity index (χ0n) is 9.95. The molecule has 100 valence electrons. The van der Waals surface area contributed by atoms with E-state index in [2.05, 4.69) is 4.74 Å². The zero-order chi connectivity index (χ0) is 13.8. The lowest BCUT2D eigenvalue weighted by molar-refractivity contribution is -0.357. The summed E-state index contributed by atoms with van der Waals surface area (Å²) in [6.07, 6.45) is -4.88. The molecule has 18 heavy (non-hydrogen) atoms. The fraction of sp³-hybridized carbons (Fsp3) is 0.417. The molecule has 0 aliphatic heterocycles. The number of benzene rings is 1. The maximum atomic E-state index is 12.0. The third-order valence-electron chi connectivity index (χ3n) is 2.08. The van der Waals surface area contributed by atoms with Crippen LogP contribution < -0.4 is 0 Å². The van der Waals surface area contributed by atoms with Crippen molar-refractivity contribution in [1.82, 2.24) is 0 Å². The van der Waals surface area contributed by atoms with Crippen LogP contribution >= 0.6 is 0 Å². The second-order valence-electron chi connectivity index (χ2n) is 4.12. The lowest BCUT2D eigenvalue weighted by Gasteiger charge is -2.24. The Labute approximate surface area is 103 Å². The van der Waals surface area contributed by atoms with E-state index < -0.39 is 17.9 Å². The summed E-state index contributed by atoms with van der Waals surface area (Å²) in [7, 11) is 0. The Balaban J connectivity index is 2.55. The first-order valence-corrected chi connectivity index (χ1v) is 5.19. The summed E-state index contributed by atoms with van der Waals surface area (Å²) in [4.78, 5) is 11.5. The van der Waals surface area contributed by atoms with E-state index in [1.807, 2.05) is 0 Å². The summed E-state index contributed by atoms with van der Waals surface area (Å²) < 4.78 is 44.6. The van der Waals surface area contributed by atoms with Crippen LogP contribution in [0.25, 0.3) is 0 Å². The predicted molar refractivity (Wildman–Crippen MR) is 57.5 cm³/mol. The van der Waals surface area contributed by atoms with Crippen LogP contribution in [0.2, 0.25) is 0 Å². The molecular formula is C12H13F3O3. The van der Waals surface area contributed by atoms with Crippen molar-refractivity contribution < 1.29 is 27.4 Å². The standard InChI is InChI=1S/C12H13F3O3/c1-11(2,18-12(13,14)15)10(16)17-8-9-6-4-3-5-7-9/h3-7H,8H2,1-2H3. The fourth-order valence-corrected chi connectivity index (χ4v) is 1.23. The zero-order valence-corrected chi connectivity index (χ0v) is 9.95. The number of carbonyl (C=O) groups is 1. The van der Waals surface area contributed by atoms with Gasteiger partial charge in [0.15, 0.2) is 5.60 Å². The molecule has 0 radical (unpaired) electrons. The number of alkyl halides is 3. The lowest BCUT2D eigenvalue weighted by Crippen LogP contribution is -2.41. The quantitative estimate of drug-likeness (QED) is 0.782. The van der Waals surface area contributed by atoms with Crippen LogP contribution in [0.15, 0.2) is 30.3 Å². The molecule has 0 bridgehead atoms. The van der Waals surface area contributed by atoms with E-state index >= 15 is 0 Å². The van der Waals surface area contributed by atoms with Crippen molar-refractivity contribution in [2.45, 2.75) is 32.4 Å². The van der Waals surface area contributed by atoms with Crippen molar-refractivity contribution in [3.63, 3.8) is 0 Å². The topological polar surface area (TPSA) is 35.5 Å². The number of ether oxygens (including phenoxy) is 2. The van der Waals surface area contributed by atoms with Gasteiger partial charge in [0.1, 0.15) is 6.61 Å². The van der Waals surface area contributed by atoms with Crippen molar-refractivity contribution in [3.05, 3.63) is 35.9 Å². The number of hydrogen-bond donors (Lipinski definition) is 0. The van der Waals surface area contributed by atoms with Crippen LogP contribution in [0.3, 0.4) is 0 Å². The maximum Gasteiger partial charge on any atom is 0.523 e. The molecule has 0 amide bonds. The molecule has 0 saturated carbocycles. The van der Waals surface area contributed by atoms with Crippen LogP contribution in [-0.2, 0) is 20.9 Å². The van der Waals surface area contributed by atoms with Crippen LogP contribution in [0, 0.1) is 0 Å². The van der Waals surface area contributed by atoms with Crippen molar-refractivity contribution >= 4 is 5.97 Å². The highest BCUT2D eigenvalue weighted by molar-refractivity contribution is 5.78. The minimum atomic E-state index is -4.88.